The van der Waals surface area contributed by atoms with Gasteiger partial charge in [0, 0.05) is 44.8 Å². The van der Waals surface area contributed by atoms with Gasteiger partial charge in [0.05, 0.1) is 0 Å². The molecule has 1 saturated heterocycles. The molecule has 0 aliphatic carbocycles. The number of benzene rings is 2. The molecule has 29 heavy (non-hydrogen) atoms. The summed E-state index contributed by atoms with van der Waals surface area (Å²) >= 11 is 0. The Labute approximate surface area is 170 Å². The molecule has 1 N–H and O–H groups in total. The van der Waals surface area contributed by atoms with Gasteiger partial charge in [0.25, 0.3) is 5.91 Å². The van der Waals surface area contributed by atoms with E-state index in [1.165, 1.54) is 24.3 Å². The monoisotopic (exact) mass is 399 g/mol. The summed E-state index contributed by atoms with van der Waals surface area (Å²) in [4.78, 5) is 16.7. The van der Waals surface area contributed by atoms with E-state index in [4.69, 9.17) is 9.47 Å². The number of rotatable bonds is 5. The lowest BCUT2D eigenvalue weighted by Crippen LogP contribution is -2.55. The number of hydrogen-bond acceptors (Lipinski definition) is 5. The highest BCUT2D eigenvalue weighted by Crippen LogP contribution is 2.35. The van der Waals surface area contributed by atoms with Crippen LogP contribution in [-0.4, -0.2) is 67.8 Å². The fourth-order valence-electron chi connectivity index (χ4n) is 3.71. The maximum atomic E-state index is 12.9. The van der Waals surface area contributed by atoms with Crippen LogP contribution >= 0.6 is 0 Å². The van der Waals surface area contributed by atoms with Crippen molar-refractivity contribution >= 4 is 5.91 Å². The summed E-state index contributed by atoms with van der Waals surface area (Å²) < 4.78 is 25.0. The molecule has 6 nitrogen and oxygen atoms in total. The van der Waals surface area contributed by atoms with Gasteiger partial charge in [0.2, 0.25) is 0 Å². The summed E-state index contributed by atoms with van der Waals surface area (Å²) in [6.07, 6.45) is -0.0658. The maximum absolute atomic E-state index is 12.9. The molecule has 0 bridgehead atoms. The van der Waals surface area contributed by atoms with Crippen LogP contribution in [0.3, 0.4) is 0 Å². The summed E-state index contributed by atoms with van der Waals surface area (Å²) in [5.74, 6) is 1.14. The zero-order valence-electron chi connectivity index (χ0n) is 16.6. The minimum Gasteiger partial charge on any atom is -0.484 e. The van der Waals surface area contributed by atoms with E-state index in [0.29, 0.717) is 18.7 Å². The molecule has 1 atom stereocenters. The molecular weight excluding hydrogens is 373 g/mol. The van der Waals surface area contributed by atoms with Gasteiger partial charge in [-0.3, -0.25) is 14.6 Å². The van der Waals surface area contributed by atoms with Gasteiger partial charge in [-0.2, -0.15) is 0 Å². The van der Waals surface area contributed by atoms with Crippen LogP contribution in [0.4, 0.5) is 4.39 Å². The Balaban J connectivity index is 1.20. The maximum Gasteiger partial charge on any atom is 0.251 e. The van der Waals surface area contributed by atoms with Crippen LogP contribution in [-0.2, 0) is 0 Å². The van der Waals surface area contributed by atoms with Crippen molar-refractivity contribution in [3.05, 3.63) is 59.4 Å². The molecule has 2 aromatic rings. The Morgan fingerprint density at radius 3 is 2.66 bits per heavy atom. The van der Waals surface area contributed by atoms with E-state index >= 15 is 0 Å². The predicted octanol–water partition coefficient (Wildman–Crippen LogP) is 2.28. The van der Waals surface area contributed by atoms with Gasteiger partial charge in [-0.15, -0.1) is 0 Å². The van der Waals surface area contributed by atoms with E-state index < -0.39 is 0 Å². The number of hydrogen-bond donors (Lipinski definition) is 1. The highest BCUT2D eigenvalue weighted by molar-refractivity contribution is 5.94. The molecule has 4 rings (SSSR count). The normalized spacial score (nSPS) is 19.7. The molecule has 2 aliphatic rings. The number of piperazine rings is 1. The quantitative estimate of drug-likeness (QED) is 0.836. The third-order valence-electron chi connectivity index (χ3n) is 5.45. The number of carbonyl (C=O) groups is 1. The zero-order valence-corrected chi connectivity index (χ0v) is 16.6. The Morgan fingerprint density at radius 2 is 1.90 bits per heavy atom. The Kier molecular flexibility index (Phi) is 5.97. The van der Waals surface area contributed by atoms with E-state index in [1.807, 2.05) is 25.1 Å². The van der Waals surface area contributed by atoms with E-state index in [0.717, 1.165) is 49.8 Å². The topological polar surface area (TPSA) is 54.0 Å². The highest BCUT2D eigenvalue weighted by Gasteiger charge is 2.30. The van der Waals surface area contributed by atoms with Crippen LogP contribution in [0.25, 0.3) is 0 Å². The largest absolute Gasteiger partial charge is 0.484 e. The van der Waals surface area contributed by atoms with Crippen molar-refractivity contribution in [3.63, 3.8) is 0 Å². The van der Waals surface area contributed by atoms with E-state index in [9.17, 15) is 9.18 Å². The van der Waals surface area contributed by atoms with Crippen LogP contribution in [0.1, 0.15) is 15.9 Å². The zero-order chi connectivity index (χ0) is 20.2. The third kappa shape index (κ3) is 4.68. The number of para-hydroxylation sites is 1. The first-order chi connectivity index (χ1) is 14.1. The predicted molar refractivity (Wildman–Crippen MR) is 108 cm³/mol. The van der Waals surface area contributed by atoms with Gasteiger partial charge < -0.3 is 14.8 Å². The average molecular weight is 399 g/mol. The molecule has 1 fully saturated rings. The molecule has 0 radical (unpaired) electrons. The number of ether oxygens (including phenoxy) is 2. The van der Waals surface area contributed by atoms with E-state index in [2.05, 4.69) is 15.1 Å². The van der Waals surface area contributed by atoms with Gasteiger partial charge in [-0.05, 0) is 42.8 Å². The lowest BCUT2D eigenvalue weighted by molar-refractivity contribution is -0.0494. The molecule has 2 aromatic carbocycles. The lowest BCUT2D eigenvalue weighted by Gasteiger charge is -2.40. The Bertz CT molecular complexity index is 851. The van der Waals surface area contributed by atoms with Gasteiger partial charge >= 0.3 is 0 Å². The number of nitrogens with one attached hydrogen (secondary N) is 1. The number of nitrogens with zero attached hydrogens (tertiary/aromatic N) is 2. The van der Waals surface area contributed by atoms with Crippen molar-refractivity contribution in [1.82, 2.24) is 15.1 Å². The molecular formula is C22H26FN3O3. The van der Waals surface area contributed by atoms with Crippen LogP contribution in [0.2, 0.25) is 0 Å². The van der Waals surface area contributed by atoms with E-state index in [-0.39, 0.29) is 18.0 Å². The summed E-state index contributed by atoms with van der Waals surface area (Å²) in [7, 11) is 0. The Hall–Kier alpha value is -2.64. The molecule has 0 saturated carbocycles. The standard InChI is InChI=1S/C22H26FN3O3/c1-16-3-2-4-19-21(16)29-20(15-28-19)26-13-11-25(12-14-26)10-9-24-22(27)17-5-7-18(23)8-6-17/h2-8,20H,9-15H2,1H3,(H,24,27). The third-order valence-corrected chi connectivity index (χ3v) is 5.45. The number of aryl methyl sites for hydroxylation is 1. The molecule has 2 heterocycles. The summed E-state index contributed by atoms with van der Waals surface area (Å²) in [5, 5.41) is 2.90. The SMILES string of the molecule is Cc1cccc2c1OC(N1CCN(CCNC(=O)c3ccc(F)cc3)CC1)CO2. The van der Waals surface area contributed by atoms with E-state index in [1.54, 1.807) is 0 Å². The van der Waals surface area contributed by atoms with Crippen molar-refractivity contribution in [1.29, 1.82) is 0 Å². The molecule has 1 amide bonds. The fraction of sp³-hybridized carbons (Fsp3) is 0.409. The second kappa shape index (κ2) is 8.80. The lowest BCUT2D eigenvalue weighted by atomic mass is 10.2. The van der Waals surface area contributed by atoms with Crippen molar-refractivity contribution < 1.29 is 18.7 Å². The molecule has 154 valence electrons. The van der Waals surface area contributed by atoms with Crippen LogP contribution < -0.4 is 14.8 Å². The first kappa shape index (κ1) is 19.7. The second-order valence-electron chi connectivity index (χ2n) is 7.43. The van der Waals surface area contributed by atoms with Gasteiger partial charge in [-0.25, -0.2) is 4.39 Å². The van der Waals surface area contributed by atoms with Crippen molar-refractivity contribution in [2.75, 3.05) is 45.9 Å². The minimum absolute atomic E-state index is 0.0658. The first-order valence-electron chi connectivity index (χ1n) is 9.99. The van der Waals surface area contributed by atoms with Crippen molar-refractivity contribution in [2.24, 2.45) is 0 Å². The summed E-state index contributed by atoms with van der Waals surface area (Å²) in [5.41, 5.74) is 1.56. The van der Waals surface area contributed by atoms with Crippen molar-refractivity contribution in [2.45, 2.75) is 13.2 Å². The van der Waals surface area contributed by atoms with Crippen LogP contribution in [0, 0.1) is 12.7 Å². The fourth-order valence-corrected chi connectivity index (χ4v) is 3.71. The van der Waals surface area contributed by atoms with Gasteiger partial charge in [0.1, 0.15) is 12.4 Å². The average Bonchev–Trinajstić information content (AvgIpc) is 2.75. The smallest absolute Gasteiger partial charge is 0.251 e. The molecule has 0 spiro atoms. The first-order valence-corrected chi connectivity index (χ1v) is 9.99. The minimum atomic E-state index is -0.342. The van der Waals surface area contributed by atoms with Crippen LogP contribution in [0.5, 0.6) is 11.5 Å². The summed E-state index contributed by atoms with van der Waals surface area (Å²) in [6, 6.07) is 11.5. The number of amides is 1. The molecule has 1 unspecified atom stereocenters. The van der Waals surface area contributed by atoms with Gasteiger partial charge in [0.15, 0.2) is 17.7 Å². The van der Waals surface area contributed by atoms with Gasteiger partial charge in [-0.1, -0.05) is 12.1 Å². The number of halogens is 1. The molecule has 7 heteroatoms. The molecule has 0 aromatic heterocycles. The number of carbonyl (C=O) groups excluding carboxylic acids is 1. The Morgan fingerprint density at radius 1 is 1.14 bits per heavy atom. The summed E-state index contributed by atoms with van der Waals surface area (Å²) in [6.45, 7) is 7.51. The van der Waals surface area contributed by atoms with Crippen LogP contribution in [0.15, 0.2) is 42.5 Å². The second-order valence-corrected chi connectivity index (χ2v) is 7.43. The molecule has 2 aliphatic heterocycles. The number of fused-ring (bicyclic) bond motifs is 1. The highest BCUT2D eigenvalue weighted by atomic mass is 19.1. The van der Waals surface area contributed by atoms with Crippen molar-refractivity contribution in [3.8, 4) is 11.5 Å².